The highest BCUT2D eigenvalue weighted by molar-refractivity contribution is 5.74. The molecule has 1 N–H and O–H groups in total. The summed E-state index contributed by atoms with van der Waals surface area (Å²) in [5.74, 6) is 1.43. The number of nitrogens with zero attached hydrogens (tertiary/aromatic N) is 1. The van der Waals surface area contributed by atoms with E-state index >= 15 is 0 Å². The second kappa shape index (κ2) is 5.37. The summed E-state index contributed by atoms with van der Waals surface area (Å²) < 4.78 is 11.3. The van der Waals surface area contributed by atoms with Crippen LogP contribution in [0.3, 0.4) is 0 Å². The molecular weight excluding hydrogens is 276 g/mol. The van der Waals surface area contributed by atoms with Crippen molar-refractivity contribution in [3.05, 3.63) is 54.1 Å². The van der Waals surface area contributed by atoms with Gasteiger partial charge < -0.3 is 14.5 Å². The Labute approximate surface area is 129 Å². The predicted molar refractivity (Wildman–Crippen MR) is 86.4 cm³/mol. The molecule has 1 heterocycles. The van der Waals surface area contributed by atoms with Crippen molar-refractivity contribution in [2.24, 2.45) is 0 Å². The molecule has 0 radical (unpaired) electrons. The lowest BCUT2D eigenvalue weighted by Gasteiger charge is -2.06. The van der Waals surface area contributed by atoms with Crippen LogP contribution >= 0.6 is 0 Å². The minimum absolute atomic E-state index is 0.380. The minimum atomic E-state index is 0.380. The molecule has 112 valence electrons. The van der Waals surface area contributed by atoms with Crippen LogP contribution in [0, 0.1) is 0 Å². The summed E-state index contributed by atoms with van der Waals surface area (Å²) in [4.78, 5) is 4.47. The number of nitrogens with one attached hydrogen (secondary N) is 1. The summed E-state index contributed by atoms with van der Waals surface area (Å²) in [7, 11) is 0. The average molecular weight is 294 g/mol. The Bertz CT molecular complexity index is 763. The van der Waals surface area contributed by atoms with Crippen LogP contribution in [0.4, 0.5) is 6.01 Å². The van der Waals surface area contributed by atoms with E-state index in [2.05, 4.69) is 28.5 Å². The number of hydrogen-bond acceptors (Lipinski definition) is 4. The highest BCUT2D eigenvalue weighted by Gasteiger charge is 2.39. The lowest BCUT2D eigenvalue weighted by atomic mass is 10.1. The van der Waals surface area contributed by atoms with E-state index in [1.807, 2.05) is 37.3 Å². The van der Waals surface area contributed by atoms with Gasteiger partial charge in [-0.25, -0.2) is 0 Å². The number of hydrogen-bond donors (Lipinski definition) is 1. The van der Waals surface area contributed by atoms with Crippen molar-refractivity contribution >= 4 is 17.1 Å². The van der Waals surface area contributed by atoms with Gasteiger partial charge in [-0.15, -0.1) is 0 Å². The molecule has 0 amide bonds. The molecule has 4 heteroatoms. The molecule has 4 nitrogen and oxygen atoms in total. The summed E-state index contributed by atoms with van der Waals surface area (Å²) in [5, 5.41) is 3.39. The maximum absolute atomic E-state index is 5.72. The van der Waals surface area contributed by atoms with E-state index in [1.54, 1.807) is 0 Å². The summed E-state index contributed by atoms with van der Waals surface area (Å²) in [6.07, 6.45) is 1.09. The number of para-hydroxylation sites is 2. The molecule has 1 fully saturated rings. The number of fused-ring (bicyclic) bond motifs is 1. The first-order chi connectivity index (χ1) is 10.8. The van der Waals surface area contributed by atoms with Crippen molar-refractivity contribution in [1.29, 1.82) is 0 Å². The normalized spacial score (nSPS) is 20.0. The number of ether oxygens (including phenoxy) is 1. The highest BCUT2D eigenvalue weighted by atomic mass is 16.5. The number of anilines is 1. The Balaban J connectivity index is 1.46. The molecule has 3 aromatic rings. The Hall–Kier alpha value is -2.49. The van der Waals surface area contributed by atoms with Gasteiger partial charge in [-0.05, 0) is 43.2 Å². The third-order valence-electron chi connectivity index (χ3n) is 3.99. The van der Waals surface area contributed by atoms with Crippen molar-refractivity contribution in [3.8, 4) is 5.75 Å². The van der Waals surface area contributed by atoms with Crippen LogP contribution in [0.15, 0.2) is 52.9 Å². The van der Waals surface area contributed by atoms with E-state index in [1.165, 1.54) is 5.56 Å². The fourth-order valence-electron chi connectivity index (χ4n) is 2.82. The fourth-order valence-corrected chi connectivity index (χ4v) is 2.82. The zero-order valence-electron chi connectivity index (χ0n) is 12.5. The third kappa shape index (κ3) is 2.52. The van der Waals surface area contributed by atoms with Crippen molar-refractivity contribution < 1.29 is 9.15 Å². The van der Waals surface area contributed by atoms with Crippen LogP contribution in [0.25, 0.3) is 11.1 Å². The topological polar surface area (TPSA) is 47.3 Å². The van der Waals surface area contributed by atoms with Gasteiger partial charge in [0.2, 0.25) is 0 Å². The zero-order valence-corrected chi connectivity index (χ0v) is 12.5. The molecule has 4 rings (SSSR count). The molecule has 0 spiro atoms. The van der Waals surface area contributed by atoms with E-state index in [-0.39, 0.29) is 0 Å². The van der Waals surface area contributed by atoms with E-state index in [0.29, 0.717) is 24.6 Å². The number of oxazole rings is 1. The van der Waals surface area contributed by atoms with Gasteiger partial charge >= 0.3 is 0 Å². The lowest BCUT2D eigenvalue weighted by Crippen LogP contribution is -2.04. The Morgan fingerprint density at radius 2 is 2.14 bits per heavy atom. The van der Waals surface area contributed by atoms with Crippen LogP contribution < -0.4 is 10.1 Å². The van der Waals surface area contributed by atoms with E-state index in [9.17, 15) is 0 Å². The number of aromatic nitrogens is 1. The lowest BCUT2D eigenvalue weighted by molar-refractivity contribution is 0.340. The largest absolute Gasteiger partial charge is 0.494 e. The molecule has 1 aromatic heterocycles. The first-order valence-electron chi connectivity index (χ1n) is 7.68. The Morgan fingerprint density at radius 1 is 1.23 bits per heavy atom. The molecule has 1 aliphatic rings. The maximum Gasteiger partial charge on any atom is 0.295 e. The molecule has 2 atom stereocenters. The van der Waals surface area contributed by atoms with E-state index in [4.69, 9.17) is 9.15 Å². The first-order valence-corrected chi connectivity index (χ1v) is 7.68. The highest BCUT2D eigenvalue weighted by Crippen LogP contribution is 2.43. The Kier molecular flexibility index (Phi) is 3.22. The van der Waals surface area contributed by atoms with Crippen LogP contribution in [0.1, 0.15) is 24.8 Å². The van der Waals surface area contributed by atoms with Gasteiger partial charge in [0.05, 0.1) is 6.61 Å². The molecule has 0 unspecified atom stereocenters. The van der Waals surface area contributed by atoms with Crippen LogP contribution in [0.5, 0.6) is 5.75 Å². The van der Waals surface area contributed by atoms with E-state index < -0.39 is 0 Å². The van der Waals surface area contributed by atoms with E-state index in [0.717, 1.165) is 23.3 Å². The molecule has 1 saturated carbocycles. The SMILES string of the molecule is CCOc1cccc([C@H]2C[C@@H]2Nc2nc3ccccc3o2)c1. The summed E-state index contributed by atoms with van der Waals surface area (Å²) in [5.41, 5.74) is 3.01. The number of rotatable bonds is 5. The molecule has 22 heavy (non-hydrogen) atoms. The second-order valence-electron chi connectivity index (χ2n) is 5.59. The molecule has 1 aliphatic carbocycles. The number of benzene rings is 2. The summed E-state index contributed by atoms with van der Waals surface area (Å²) in [6.45, 7) is 2.69. The molecule has 0 aliphatic heterocycles. The van der Waals surface area contributed by atoms with Gasteiger partial charge in [0, 0.05) is 12.0 Å². The quantitative estimate of drug-likeness (QED) is 0.766. The maximum atomic E-state index is 5.72. The summed E-state index contributed by atoms with van der Waals surface area (Å²) >= 11 is 0. The van der Waals surface area contributed by atoms with Gasteiger partial charge in [-0.3, -0.25) is 0 Å². The summed E-state index contributed by atoms with van der Waals surface area (Å²) in [6, 6.07) is 17.1. The predicted octanol–water partition coefficient (Wildman–Crippen LogP) is 4.19. The fraction of sp³-hybridized carbons (Fsp3) is 0.278. The minimum Gasteiger partial charge on any atom is -0.494 e. The second-order valence-corrected chi connectivity index (χ2v) is 5.59. The van der Waals surface area contributed by atoms with Gasteiger partial charge in [0.15, 0.2) is 5.58 Å². The molecule has 2 aromatic carbocycles. The zero-order chi connectivity index (χ0) is 14.9. The molecular formula is C18H18N2O2. The van der Waals surface area contributed by atoms with Crippen LogP contribution in [-0.4, -0.2) is 17.6 Å². The first kappa shape index (κ1) is 13.2. The van der Waals surface area contributed by atoms with Crippen molar-refractivity contribution in [2.45, 2.75) is 25.3 Å². The van der Waals surface area contributed by atoms with Gasteiger partial charge in [-0.2, -0.15) is 4.98 Å². The molecule has 0 saturated heterocycles. The third-order valence-corrected chi connectivity index (χ3v) is 3.99. The van der Waals surface area contributed by atoms with Crippen LogP contribution in [-0.2, 0) is 0 Å². The van der Waals surface area contributed by atoms with Gasteiger partial charge in [-0.1, -0.05) is 24.3 Å². The van der Waals surface area contributed by atoms with Gasteiger partial charge in [0.1, 0.15) is 11.3 Å². The molecule has 0 bridgehead atoms. The van der Waals surface area contributed by atoms with Crippen molar-refractivity contribution in [3.63, 3.8) is 0 Å². The Morgan fingerprint density at radius 3 is 3.00 bits per heavy atom. The van der Waals surface area contributed by atoms with Crippen molar-refractivity contribution in [1.82, 2.24) is 4.98 Å². The average Bonchev–Trinajstić information content (AvgIpc) is 3.17. The smallest absolute Gasteiger partial charge is 0.295 e. The standard InChI is InChI=1S/C18H18N2O2/c1-2-21-13-7-5-6-12(10-13)14-11-16(14)20-18-19-15-8-3-4-9-17(15)22-18/h3-10,14,16H,2,11H2,1H3,(H,19,20)/t14-,16+/m1/s1. The van der Waals surface area contributed by atoms with Crippen LogP contribution in [0.2, 0.25) is 0 Å². The monoisotopic (exact) mass is 294 g/mol. The van der Waals surface area contributed by atoms with Crippen molar-refractivity contribution in [2.75, 3.05) is 11.9 Å². The van der Waals surface area contributed by atoms with Gasteiger partial charge in [0.25, 0.3) is 6.01 Å².